The molecule has 0 unspecified atom stereocenters. The van der Waals surface area contributed by atoms with Gasteiger partial charge in [0.1, 0.15) is 6.10 Å². The summed E-state index contributed by atoms with van der Waals surface area (Å²) in [6, 6.07) is 9.62. The molecular weight excluding hydrogens is 178 g/mol. The lowest BCUT2D eigenvalue weighted by Gasteiger charge is -2.11. The molecule has 0 aliphatic carbocycles. The molecule has 74 valence electrons. The predicted molar refractivity (Wildman–Crippen MR) is 52.8 cm³/mol. The van der Waals surface area contributed by atoms with E-state index in [1.807, 2.05) is 30.3 Å². The topological polar surface area (TPSA) is 29.5 Å². The standard InChI is InChI=1S/C11H13NO2/c1-9-7-12(11(13)14-9)8-10-5-3-2-4-6-10/h2-6,9H,7-8H2,1H3/t9-/m0/s1/i7D/t7-,9-. The Bertz CT molecular complexity index is 355. The Balaban J connectivity index is 2.09. The van der Waals surface area contributed by atoms with Crippen molar-refractivity contribution in [2.75, 3.05) is 6.52 Å². The van der Waals surface area contributed by atoms with Crippen LogP contribution in [0.2, 0.25) is 0 Å². The third kappa shape index (κ3) is 1.87. The molecule has 2 atom stereocenters. The van der Waals surface area contributed by atoms with E-state index in [-0.39, 0.29) is 6.10 Å². The van der Waals surface area contributed by atoms with Crippen LogP contribution >= 0.6 is 0 Å². The molecule has 1 aromatic carbocycles. The molecule has 1 aliphatic rings. The van der Waals surface area contributed by atoms with E-state index in [0.717, 1.165) is 5.56 Å². The molecule has 0 bridgehead atoms. The van der Waals surface area contributed by atoms with E-state index in [9.17, 15) is 4.79 Å². The number of carbonyl (C=O) groups is 1. The molecule has 0 saturated carbocycles. The largest absolute Gasteiger partial charge is 0.444 e. The number of ether oxygens (including phenoxy) is 1. The van der Waals surface area contributed by atoms with Gasteiger partial charge in [-0.05, 0) is 12.5 Å². The molecule has 1 saturated heterocycles. The van der Waals surface area contributed by atoms with Gasteiger partial charge in [0, 0.05) is 6.54 Å². The van der Waals surface area contributed by atoms with Crippen molar-refractivity contribution >= 4 is 6.09 Å². The van der Waals surface area contributed by atoms with E-state index in [4.69, 9.17) is 6.11 Å². The molecule has 0 N–H and O–H groups in total. The maximum atomic E-state index is 11.4. The van der Waals surface area contributed by atoms with E-state index in [2.05, 4.69) is 0 Å². The summed E-state index contributed by atoms with van der Waals surface area (Å²) in [6.07, 6.45) is -0.743. The molecule has 1 aliphatic heterocycles. The normalized spacial score (nSPS) is 27.4. The van der Waals surface area contributed by atoms with Gasteiger partial charge in [0.2, 0.25) is 0 Å². The van der Waals surface area contributed by atoms with Crippen molar-refractivity contribution in [1.29, 1.82) is 0 Å². The lowest BCUT2D eigenvalue weighted by Crippen LogP contribution is -2.24. The average molecular weight is 192 g/mol. The molecule has 3 heteroatoms. The fraction of sp³-hybridized carbons (Fsp3) is 0.364. The number of hydrogen-bond donors (Lipinski definition) is 0. The first-order chi connectivity index (χ1) is 7.18. The van der Waals surface area contributed by atoms with Crippen LogP contribution in [0.5, 0.6) is 0 Å². The first kappa shape index (κ1) is 7.85. The van der Waals surface area contributed by atoms with Crippen molar-refractivity contribution in [2.45, 2.75) is 19.6 Å². The van der Waals surface area contributed by atoms with Crippen LogP contribution in [0.25, 0.3) is 0 Å². The van der Waals surface area contributed by atoms with Crippen LogP contribution in [0, 0.1) is 0 Å². The number of carbonyl (C=O) groups excluding carboxylic acids is 1. The van der Waals surface area contributed by atoms with Gasteiger partial charge in [-0.3, -0.25) is 0 Å². The van der Waals surface area contributed by atoms with Gasteiger partial charge in [0.05, 0.1) is 7.89 Å². The van der Waals surface area contributed by atoms with Gasteiger partial charge in [0.25, 0.3) is 0 Å². The quantitative estimate of drug-likeness (QED) is 0.717. The van der Waals surface area contributed by atoms with Crippen LogP contribution in [-0.2, 0) is 11.3 Å². The molecule has 2 rings (SSSR count). The second-order valence-corrected chi connectivity index (χ2v) is 3.35. The second-order valence-electron chi connectivity index (χ2n) is 3.35. The van der Waals surface area contributed by atoms with Gasteiger partial charge in [0.15, 0.2) is 0 Å². The molecule has 1 fully saturated rings. The van der Waals surface area contributed by atoms with Crippen LogP contribution in [0.4, 0.5) is 4.79 Å². The van der Waals surface area contributed by atoms with Crippen LogP contribution in [0.3, 0.4) is 0 Å². The van der Waals surface area contributed by atoms with E-state index >= 15 is 0 Å². The highest BCUT2D eigenvalue weighted by molar-refractivity contribution is 5.69. The lowest BCUT2D eigenvalue weighted by molar-refractivity contribution is 0.137. The number of rotatable bonds is 2. The average Bonchev–Trinajstić information content (AvgIpc) is 2.47. The van der Waals surface area contributed by atoms with Crippen molar-refractivity contribution in [3.63, 3.8) is 0 Å². The predicted octanol–water partition coefficient (Wildman–Crippen LogP) is 2.03. The van der Waals surface area contributed by atoms with Gasteiger partial charge in [-0.1, -0.05) is 30.3 Å². The summed E-state index contributed by atoms with van der Waals surface area (Å²) in [6.45, 7) is 1.58. The number of nitrogens with zero attached hydrogens (tertiary/aromatic N) is 1. The summed E-state index contributed by atoms with van der Waals surface area (Å²) in [4.78, 5) is 12.8. The zero-order valence-corrected chi connectivity index (χ0v) is 8.01. The summed E-state index contributed by atoms with van der Waals surface area (Å²) < 4.78 is 12.7. The molecule has 3 nitrogen and oxygen atoms in total. The van der Waals surface area contributed by atoms with Crippen molar-refractivity contribution in [3.8, 4) is 0 Å². The Hall–Kier alpha value is -1.51. The Morgan fingerprint density at radius 2 is 2.29 bits per heavy atom. The minimum Gasteiger partial charge on any atom is -0.444 e. The number of amides is 1. The number of cyclic esters (lactones) is 1. The Morgan fingerprint density at radius 3 is 2.86 bits per heavy atom. The summed E-state index contributed by atoms with van der Waals surface area (Å²) >= 11 is 0. The first-order valence-electron chi connectivity index (χ1n) is 5.19. The van der Waals surface area contributed by atoms with Crippen molar-refractivity contribution in [2.24, 2.45) is 0 Å². The zero-order chi connectivity index (χ0) is 10.8. The second kappa shape index (κ2) is 3.70. The van der Waals surface area contributed by atoms with Crippen LogP contribution in [0.1, 0.15) is 13.9 Å². The van der Waals surface area contributed by atoms with Crippen molar-refractivity contribution in [3.05, 3.63) is 35.9 Å². The maximum absolute atomic E-state index is 11.4. The molecule has 1 amide bonds. The van der Waals surface area contributed by atoms with Crippen LogP contribution in [-0.4, -0.2) is 23.6 Å². The molecule has 0 spiro atoms. The zero-order valence-electron chi connectivity index (χ0n) is 9.01. The van der Waals surface area contributed by atoms with Crippen molar-refractivity contribution < 1.29 is 10.9 Å². The Labute approximate surface area is 84.7 Å². The van der Waals surface area contributed by atoms with Crippen LogP contribution < -0.4 is 0 Å². The number of hydrogen-bond acceptors (Lipinski definition) is 2. The minimum absolute atomic E-state index is 0.346. The van der Waals surface area contributed by atoms with Crippen molar-refractivity contribution in [1.82, 2.24) is 4.90 Å². The van der Waals surface area contributed by atoms with Gasteiger partial charge >= 0.3 is 6.09 Å². The fourth-order valence-electron chi connectivity index (χ4n) is 1.47. The van der Waals surface area contributed by atoms with E-state index in [1.165, 1.54) is 4.90 Å². The maximum Gasteiger partial charge on any atom is 0.410 e. The van der Waals surface area contributed by atoms with E-state index in [1.54, 1.807) is 6.92 Å². The Kier molecular flexibility index (Phi) is 2.07. The third-order valence-electron chi connectivity index (χ3n) is 2.11. The molecule has 14 heavy (non-hydrogen) atoms. The monoisotopic (exact) mass is 192 g/mol. The van der Waals surface area contributed by atoms with Gasteiger partial charge < -0.3 is 9.64 Å². The summed E-state index contributed by atoms with van der Waals surface area (Å²) in [5.41, 5.74) is 1.01. The number of benzene rings is 1. The fourth-order valence-corrected chi connectivity index (χ4v) is 1.47. The minimum atomic E-state index is -0.599. The highest BCUT2D eigenvalue weighted by Gasteiger charge is 2.27. The highest BCUT2D eigenvalue weighted by atomic mass is 16.6. The summed E-state index contributed by atoms with van der Waals surface area (Å²) in [5, 5.41) is 0. The van der Waals surface area contributed by atoms with E-state index < -0.39 is 12.6 Å². The highest BCUT2D eigenvalue weighted by Crippen LogP contribution is 2.14. The van der Waals surface area contributed by atoms with Gasteiger partial charge in [-0.15, -0.1) is 0 Å². The van der Waals surface area contributed by atoms with Crippen LogP contribution in [0.15, 0.2) is 30.3 Å². The molecule has 1 heterocycles. The SMILES string of the molecule is [2H][C@H]1[C@H](C)OC(=O)N1Cc1ccccc1. The van der Waals surface area contributed by atoms with E-state index in [0.29, 0.717) is 6.54 Å². The van der Waals surface area contributed by atoms with Gasteiger partial charge in [-0.2, -0.15) is 0 Å². The molecule has 0 radical (unpaired) electrons. The smallest absolute Gasteiger partial charge is 0.410 e. The summed E-state index contributed by atoms with van der Waals surface area (Å²) in [7, 11) is 0. The van der Waals surface area contributed by atoms with Gasteiger partial charge in [-0.25, -0.2) is 4.79 Å². The first-order valence-corrected chi connectivity index (χ1v) is 4.62. The molecule has 1 aromatic rings. The lowest BCUT2D eigenvalue weighted by atomic mass is 10.2. The third-order valence-corrected chi connectivity index (χ3v) is 2.11. The molecule has 0 aromatic heterocycles. The molecular formula is C11H13NO2. The summed E-state index contributed by atoms with van der Waals surface area (Å²) in [5.74, 6) is 0. The Morgan fingerprint density at radius 1 is 1.57 bits per heavy atom.